The molecule has 0 spiro atoms. The lowest BCUT2D eigenvalue weighted by atomic mass is 9.79. The zero-order chi connectivity index (χ0) is 35.8. The maximum absolute atomic E-state index is 14.8. The Morgan fingerprint density at radius 1 is 1.18 bits per heavy atom. The van der Waals surface area contributed by atoms with Gasteiger partial charge < -0.3 is 15.1 Å². The molecule has 2 N–H and O–H groups in total. The molecule has 5 heterocycles. The van der Waals surface area contributed by atoms with Crippen LogP contribution >= 0.6 is 0 Å². The van der Waals surface area contributed by atoms with Crippen LogP contribution in [0, 0.1) is 11.9 Å². The normalized spacial score (nSPS) is 18.6. The third kappa shape index (κ3) is 6.39. The molecule has 268 valence electrons. The lowest BCUT2D eigenvalue weighted by molar-refractivity contribution is -0.128. The Kier molecular flexibility index (Phi) is 9.42. The molecule has 16 heteroatoms. The summed E-state index contributed by atoms with van der Waals surface area (Å²) in [6.07, 6.45) is 11.3. The van der Waals surface area contributed by atoms with E-state index >= 15 is 0 Å². The van der Waals surface area contributed by atoms with E-state index in [-0.39, 0.29) is 23.0 Å². The van der Waals surface area contributed by atoms with Crippen molar-refractivity contribution < 1.29 is 18.8 Å². The largest absolute Gasteiger partial charge is 0.370 e. The molecular formula is C35H42FN11O4. The number of fused-ring (bicyclic) bond motifs is 2. The van der Waals surface area contributed by atoms with Gasteiger partial charge in [0.1, 0.15) is 17.3 Å². The summed E-state index contributed by atoms with van der Waals surface area (Å²) in [6.45, 7) is 4.50. The van der Waals surface area contributed by atoms with Crippen LogP contribution in [0.15, 0.2) is 53.8 Å². The molecule has 3 amide bonds. The lowest BCUT2D eigenvalue weighted by Crippen LogP contribution is -2.46. The predicted molar refractivity (Wildman–Crippen MR) is 188 cm³/mol. The number of aryl methyl sites for hydroxylation is 1. The first-order valence-corrected chi connectivity index (χ1v) is 17.4. The highest BCUT2D eigenvalue weighted by Gasteiger charge is 2.35. The van der Waals surface area contributed by atoms with Crippen molar-refractivity contribution in [2.24, 2.45) is 13.0 Å². The van der Waals surface area contributed by atoms with Gasteiger partial charge in [0.25, 0.3) is 11.9 Å². The van der Waals surface area contributed by atoms with Gasteiger partial charge in [-0.3, -0.25) is 33.5 Å². The molecule has 51 heavy (non-hydrogen) atoms. The van der Waals surface area contributed by atoms with Gasteiger partial charge in [0.15, 0.2) is 5.65 Å². The molecule has 4 aromatic heterocycles. The minimum Gasteiger partial charge on any atom is -0.370 e. The summed E-state index contributed by atoms with van der Waals surface area (Å²) in [5, 5.41) is 13.0. The van der Waals surface area contributed by atoms with Gasteiger partial charge in [0.05, 0.1) is 35.2 Å². The van der Waals surface area contributed by atoms with Gasteiger partial charge in [0, 0.05) is 45.1 Å². The van der Waals surface area contributed by atoms with Crippen LogP contribution in [0.4, 0.5) is 15.8 Å². The van der Waals surface area contributed by atoms with Crippen molar-refractivity contribution in [2.45, 2.75) is 63.6 Å². The van der Waals surface area contributed by atoms with Crippen molar-refractivity contribution in [3.63, 3.8) is 0 Å². The second-order valence-corrected chi connectivity index (χ2v) is 13.7. The molecule has 1 saturated heterocycles. The predicted octanol–water partition coefficient (Wildman–Crippen LogP) is 3.14. The number of hydrogen-bond acceptors (Lipinski definition) is 9. The number of imidazole rings is 1. The van der Waals surface area contributed by atoms with E-state index in [9.17, 15) is 23.6 Å². The molecular weight excluding hydrogens is 657 g/mol. The van der Waals surface area contributed by atoms with E-state index in [1.165, 1.54) is 15.3 Å². The minimum atomic E-state index is -0.778. The Bertz CT molecular complexity index is 2140. The summed E-state index contributed by atoms with van der Waals surface area (Å²) in [5.74, 6) is -1.27. The number of aromatic nitrogens is 7. The van der Waals surface area contributed by atoms with E-state index < -0.39 is 23.8 Å². The van der Waals surface area contributed by atoms with Crippen molar-refractivity contribution >= 4 is 46.3 Å². The molecule has 7 rings (SSSR count). The van der Waals surface area contributed by atoms with E-state index in [1.54, 1.807) is 41.0 Å². The summed E-state index contributed by atoms with van der Waals surface area (Å²) in [7, 11) is 3.89. The Morgan fingerprint density at radius 3 is 2.71 bits per heavy atom. The van der Waals surface area contributed by atoms with Gasteiger partial charge in [-0.25, -0.2) is 14.3 Å². The highest BCUT2D eigenvalue weighted by molar-refractivity contribution is 6.08. The summed E-state index contributed by atoms with van der Waals surface area (Å²) < 4.78 is 21.0. The van der Waals surface area contributed by atoms with E-state index in [1.807, 2.05) is 25.1 Å². The Hall–Kier alpha value is -5.38. The molecule has 1 aliphatic carbocycles. The molecule has 1 unspecified atom stereocenters. The van der Waals surface area contributed by atoms with Crippen LogP contribution in [0.5, 0.6) is 0 Å². The van der Waals surface area contributed by atoms with Gasteiger partial charge in [-0.2, -0.15) is 9.49 Å². The molecule has 1 saturated carbocycles. The number of carbonyl (C=O) groups excluding carboxylic acids is 3. The lowest BCUT2D eigenvalue weighted by Gasteiger charge is -2.42. The first kappa shape index (κ1) is 34.1. The van der Waals surface area contributed by atoms with Gasteiger partial charge in [0.2, 0.25) is 12.3 Å². The fraction of sp³-hybridized carbons (Fsp3) is 0.457. The van der Waals surface area contributed by atoms with Crippen LogP contribution in [-0.2, 0) is 16.6 Å². The fourth-order valence-corrected chi connectivity index (χ4v) is 7.77. The van der Waals surface area contributed by atoms with Crippen LogP contribution in [-0.4, -0.2) is 89.4 Å². The molecule has 15 nitrogen and oxygen atoms in total. The first-order chi connectivity index (χ1) is 24.7. The number of carbonyl (C=O) groups is 3. The Labute approximate surface area is 293 Å². The minimum absolute atomic E-state index is 0.0270. The van der Waals surface area contributed by atoms with E-state index in [4.69, 9.17) is 0 Å². The average molecular weight is 700 g/mol. The summed E-state index contributed by atoms with van der Waals surface area (Å²) in [6, 6.07) is 7.19. The number of amides is 3. The number of rotatable bonds is 12. The van der Waals surface area contributed by atoms with Crippen molar-refractivity contribution in [1.29, 1.82) is 0 Å². The first-order valence-electron chi connectivity index (χ1n) is 17.4. The zero-order valence-corrected chi connectivity index (χ0v) is 28.9. The smallest absolute Gasteiger partial charge is 0.329 e. The SMILES string of the molecule is CCCC(C(=O)NC=O)n1c(=O)n(C)c2c(N3CCC(N(C)C[C@H]4C[C@H](n5cc(NC(=O)c6cnn7cccnc67)c(F)n5)C4)CC3)cccc21. The fourth-order valence-electron chi connectivity index (χ4n) is 7.77. The molecule has 2 fully saturated rings. The molecule has 1 aliphatic heterocycles. The van der Waals surface area contributed by atoms with Crippen LogP contribution < -0.4 is 21.2 Å². The highest BCUT2D eigenvalue weighted by Crippen LogP contribution is 2.39. The van der Waals surface area contributed by atoms with Crippen LogP contribution in [0.2, 0.25) is 0 Å². The number of halogens is 1. The van der Waals surface area contributed by atoms with Crippen LogP contribution in [0.1, 0.15) is 67.9 Å². The number of nitrogens with zero attached hydrogens (tertiary/aromatic N) is 9. The second kappa shape index (κ2) is 14.1. The Balaban J connectivity index is 0.943. The molecule has 5 aromatic rings. The Morgan fingerprint density at radius 2 is 1.96 bits per heavy atom. The van der Waals surface area contributed by atoms with Gasteiger partial charge >= 0.3 is 5.69 Å². The standard InChI is InChI=1S/C35H42FN11O4/c1-4-7-29(34(50)38-21-48)47-28-9-5-8-27(30(28)43(3)35(47)51)44-14-10-23(11-15-44)42(2)19-22-16-24(17-22)46-20-26(31(36)41-46)40-33(49)25-18-39-45-13-6-12-37-32(25)45/h5-6,8-9,12-13,18,20-24,29H,4,7,10-11,14-17,19H2,1-3H3,(H,40,49)(H,38,48,50)/t22-,24-,29?. The number of anilines is 2. The van der Waals surface area contributed by atoms with Gasteiger partial charge in [-0.05, 0) is 63.3 Å². The summed E-state index contributed by atoms with van der Waals surface area (Å²) in [5.41, 5.74) is 2.79. The van der Waals surface area contributed by atoms with Gasteiger partial charge in [-0.15, -0.1) is 5.10 Å². The zero-order valence-electron chi connectivity index (χ0n) is 28.9. The van der Waals surface area contributed by atoms with Crippen LogP contribution in [0.3, 0.4) is 0 Å². The molecule has 2 aliphatic rings. The maximum atomic E-state index is 14.8. The van der Waals surface area contributed by atoms with Crippen molar-refractivity contribution in [2.75, 3.05) is 36.9 Å². The van der Waals surface area contributed by atoms with E-state index in [0.29, 0.717) is 42.4 Å². The van der Waals surface area contributed by atoms with Crippen molar-refractivity contribution in [1.82, 2.24) is 43.7 Å². The van der Waals surface area contributed by atoms with Crippen molar-refractivity contribution in [3.8, 4) is 0 Å². The molecule has 1 atom stereocenters. The number of imide groups is 1. The molecule has 0 radical (unpaired) electrons. The van der Waals surface area contributed by atoms with Gasteiger partial charge in [-0.1, -0.05) is 19.4 Å². The molecule has 1 aromatic carbocycles. The summed E-state index contributed by atoms with van der Waals surface area (Å²) >= 11 is 0. The maximum Gasteiger partial charge on any atom is 0.329 e. The van der Waals surface area contributed by atoms with Crippen molar-refractivity contribution in [3.05, 3.63) is 71.0 Å². The monoisotopic (exact) mass is 699 g/mol. The highest BCUT2D eigenvalue weighted by atomic mass is 19.1. The number of benzene rings is 1. The third-order valence-electron chi connectivity index (χ3n) is 10.5. The topological polar surface area (TPSA) is 157 Å². The third-order valence-corrected chi connectivity index (χ3v) is 10.5. The molecule has 0 bridgehead atoms. The average Bonchev–Trinajstić information content (AvgIpc) is 3.78. The number of hydrogen-bond donors (Lipinski definition) is 2. The van der Waals surface area contributed by atoms with E-state index in [2.05, 4.69) is 42.7 Å². The van der Waals surface area contributed by atoms with Crippen LogP contribution in [0.25, 0.3) is 16.7 Å². The number of para-hydroxylation sites is 1. The second-order valence-electron chi connectivity index (χ2n) is 13.7. The van der Waals surface area contributed by atoms with E-state index in [0.717, 1.165) is 56.5 Å². The number of piperidine rings is 1. The number of nitrogens with one attached hydrogen (secondary N) is 2. The summed E-state index contributed by atoms with van der Waals surface area (Å²) in [4.78, 5) is 59.0. The quantitative estimate of drug-likeness (QED) is 0.187.